The number of para-hydroxylation sites is 1. The first-order valence-electron chi connectivity index (χ1n) is 6.80. The molecule has 0 aromatic heterocycles. The molecule has 1 unspecified atom stereocenters. The van der Waals surface area contributed by atoms with Crippen LogP contribution in [-0.2, 0) is 11.2 Å². The van der Waals surface area contributed by atoms with Crippen LogP contribution in [0.4, 0.5) is 4.79 Å². The van der Waals surface area contributed by atoms with Crippen molar-refractivity contribution in [3.8, 4) is 5.75 Å². The monoisotopic (exact) mass is 294 g/mol. The molecule has 0 radical (unpaired) electrons. The van der Waals surface area contributed by atoms with Gasteiger partial charge in [0.15, 0.2) is 0 Å². The van der Waals surface area contributed by atoms with E-state index in [0.29, 0.717) is 6.42 Å². The SMILES string of the molecule is COc1ccccc1CC(C)N(C)C(=O)NCCC(=O)O. The van der Waals surface area contributed by atoms with Gasteiger partial charge in [-0.25, -0.2) is 4.79 Å². The summed E-state index contributed by atoms with van der Waals surface area (Å²) in [6.07, 6.45) is 0.577. The average molecular weight is 294 g/mol. The van der Waals surface area contributed by atoms with Crippen molar-refractivity contribution in [2.75, 3.05) is 20.7 Å². The Morgan fingerprint density at radius 1 is 1.38 bits per heavy atom. The first kappa shape index (κ1) is 16.8. The zero-order valence-corrected chi connectivity index (χ0v) is 12.6. The largest absolute Gasteiger partial charge is 0.496 e. The number of likely N-dealkylation sites (N-methyl/N-ethyl adjacent to an activating group) is 1. The van der Waals surface area contributed by atoms with Crippen molar-refractivity contribution in [1.82, 2.24) is 10.2 Å². The van der Waals surface area contributed by atoms with Gasteiger partial charge < -0.3 is 20.1 Å². The lowest BCUT2D eigenvalue weighted by molar-refractivity contribution is -0.136. The Kier molecular flexibility index (Phi) is 6.52. The summed E-state index contributed by atoms with van der Waals surface area (Å²) in [5.74, 6) is -0.135. The molecule has 0 fully saturated rings. The minimum absolute atomic E-state index is 0.0360. The Morgan fingerprint density at radius 3 is 2.67 bits per heavy atom. The number of rotatable bonds is 7. The predicted molar refractivity (Wildman–Crippen MR) is 79.6 cm³/mol. The van der Waals surface area contributed by atoms with Crippen LogP contribution in [-0.4, -0.2) is 48.8 Å². The van der Waals surface area contributed by atoms with Gasteiger partial charge in [0.05, 0.1) is 13.5 Å². The summed E-state index contributed by atoms with van der Waals surface area (Å²) in [4.78, 5) is 23.9. The average Bonchev–Trinajstić information content (AvgIpc) is 2.46. The van der Waals surface area contributed by atoms with Crippen LogP contribution >= 0.6 is 0 Å². The maximum atomic E-state index is 11.9. The van der Waals surface area contributed by atoms with Crippen LogP contribution < -0.4 is 10.1 Å². The fourth-order valence-electron chi connectivity index (χ4n) is 1.93. The van der Waals surface area contributed by atoms with Gasteiger partial charge in [-0.05, 0) is 25.0 Å². The number of urea groups is 1. The van der Waals surface area contributed by atoms with Gasteiger partial charge >= 0.3 is 12.0 Å². The molecule has 2 amide bonds. The van der Waals surface area contributed by atoms with E-state index in [1.54, 1.807) is 19.1 Å². The number of carboxylic acid groups (broad SMARTS) is 1. The Bertz CT molecular complexity index is 490. The number of carboxylic acids is 1. The van der Waals surface area contributed by atoms with Crippen molar-refractivity contribution in [3.05, 3.63) is 29.8 Å². The standard InChI is InChI=1S/C15H22N2O4/c1-11(10-12-6-4-5-7-13(12)21-3)17(2)15(20)16-9-8-14(18)19/h4-7,11H,8-10H2,1-3H3,(H,16,20)(H,18,19). The molecule has 0 bridgehead atoms. The van der Waals surface area contributed by atoms with Crippen LogP contribution in [0, 0.1) is 0 Å². The topological polar surface area (TPSA) is 78.9 Å². The highest BCUT2D eigenvalue weighted by molar-refractivity contribution is 5.75. The molecule has 0 saturated heterocycles. The molecule has 116 valence electrons. The first-order valence-corrected chi connectivity index (χ1v) is 6.80. The minimum atomic E-state index is -0.931. The Hall–Kier alpha value is -2.24. The third-order valence-electron chi connectivity index (χ3n) is 3.30. The molecule has 0 saturated carbocycles. The summed E-state index contributed by atoms with van der Waals surface area (Å²) in [5, 5.41) is 11.1. The second kappa shape index (κ2) is 8.14. The molecule has 0 spiro atoms. The highest BCUT2D eigenvalue weighted by Crippen LogP contribution is 2.20. The molecule has 0 aliphatic rings. The second-order valence-corrected chi connectivity index (χ2v) is 4.85. The second-order valence-electron chi connectivity index (χ2n) is 4.85. The fourth-order valence-corrected chi connectivity index (χ4v) is 1.93. The number of carbonyl (C=O) groups excluding carboxylic acids is 1. The minimum Gasteiger partial charge on any atom is -0.496 e. The van der Waals surface area contributed by atoms with E-state index in [0.717, 1.165) is 11.3 Å². The number of hydrogen-bond acceptors (Lipinski definition) is 3. The lowest BCUT2D eigenvalue weighted by Gasteiger charge is -2.25. The van der Waals surface area contributed by atoms with E-state index in [2.05, 4.69) is 5.32 Å². The number of hydrogen-bond donors (Lipinski definition) is 2. The van der Waals surface area contributed by atoms with E-state index < -0.39 is 5.97 Å². The third kappa shape index (κ3) is 5.33. The number of carbonyl (C=O) groups is 2. The van der Waals surface area contributed by atoms with E-state index in [1.165, 1.54) is 0 Å². The highest BCUT2D eigenvalue weighted by atomic mass is 16.5. The van der Waals surface area contributed by atoms with Crippen molar-refractivity contribution < 1.29 is 19.4 Å². The van der Waals surface area contributed by atoms with Crippen LogP contribution in [0.25, 0.3) is 0 Å². The van der Waals surface area contributed by atoms with Crippen LogP contribution in [0.1, 0.15) is 18.9 Å². The highest BCUT2D eigenvalue weighted by Gasteiger charge is 2.17. The summed E-state index contributed by atoms with van der Waals surface area (Å²) < 4.78 is 5.29. The Morgan fingerprint density at radius 2 is 2.05 bits per heavy atom. The van der Waals surface area contributed by atoms with Crippen LogP contribution in [0.2, 0.25) is 0 Å². The predicted octanol–water partition coefficient (Wildman–Crippen LogP) is 1.74. The van der Waals surface area contributed by atoms with Gasteiger partial charge in [0.25, 0.3) is 0 Å². The molecule has 21 heavy (non-hydrogen) atoms. The first-order chi connectivity index (χ1) is 9.95. The maximum absolute atomic E-state index is 11.9. The molecule has 1 aromatic rings. The van der Waals surface area contributed by atoms with Crippen molar-refractivity contribution >= 4 is 12.0 Å². The number of nitrogens with zero attached hydrogens (tertiary/aromatic N) is 1. The number of benzene rings is 1. The molecule has 0 aliphatic heterocycles. The van der Waals surface area contributed by atoms with Gasteiger partial charge in [-0.15, -0.1) is 0 Å². The number of aliphatic carboxylic acids is 1. The van der Waals surface area contributed by atoms with Gasteiger partial charge in [0.2, 0.25) is 0 Å². The molecule has 1 atom stereocenters. The van der Waals surface area contributed by atoms with Gasteiger partial charge in [0, 0.05) is 19.6 Å². The molecule has 1 rings (SSSR count). The molecular weight excluding hydrogens is 272 g/mol. The molecule has 6 heteroatoms. The van der Waals surface area contributed by atoms with Gasteiger partial charge in [-0.3, -0.25) is 4.79 Å². The summed E-state index contributed by atoms with van der Waals surface area (Å²) >= 11 is 0. The lowest BCUT2D eigenvalue weighted by atomic mass is 10.1. The number of methoxy groups -OCH3 is 1. The maximum Gasteiger partial charge on any atom is 0.317 e. The Balaban J connectivity index is 2.55. The van der Waals surface area contributed by atoms with E-state index in [9.17, 15) is 9.59 Å². The van der Waals surface area contributed by atoms with Crippen molar-refractivity contribution in [2.45, 2.75) is 25.8 Å². The van der Waals surface area contributed by atoms with Crippen LogP contribution in [0.3, 0.4) is 0 Å². The fraction of sp³-hybridized carbons (Fsp3) is 0.467. The third-order valence-corrected chi connectivity index (χ3v) is 3.30. The number of amides is 2. The quantitative estimate of drug-likeness (QED) is 0.803. The van der Waals surface area contributed by atoms with E-state index in [4.69, 9.17) is 9.84 Å². The lowest BCUT2D eigenvalue weighted by Crippen LogP contribution is -2.43. The van der Waals surface area contributed by atoms with Crippen molar-refractivity contribution in [1.29, 1.82) is 0 Å². The molecular formula is C15H22N2O4. The summed E-state index contributed by atoms with van der Waals surface area (Å²) in [5.41, 5.74) is 1.03. The summed E-state index contributed by atoms with van der Waals surface area (Å²) in [7, 11) is 3.31. The number of ether oxygens (including phenoxy) is 1. The zero-order chi connectivity index (χ0) is 15.8. The van der Waals surface area contributed by atoms with Crippen molar-refractivity contribution in [2.24, 2.45) is 0 Å². The van der Waals surface area contributed by atoms with Crippen LogP contribution in [0.15, 0.2) is 24.3 Å². The van der Waals surface area contributed by atoms with E-state index >= 15 is 0 Å². The molecule has 2 N–H and O–H groups in total. The normalized spacial score (nSPS) is 11.6. The van der Waals surface area contributed by atoms with Crippen LogP contribution in [0.5, 0.6) is 5.75 Å². The van der Waals surface area contributed by atoms with E-state index in [-0.39, 0.29) is 25.0 Å². The number of nitrogens with one attached hydrogen (secondary N) is 1. The summed E-state index contributed by atoms with van der Waals surface area (Å²) in [6.45, 7) is 2.06. The van der Waals surface area contributed by atoms with E-state index in [1.807, 2.05) is 31.2 Å². The van der Waals surface area contributed by atoms with Gasteiger partial charge in [-0.1, -0.05) is 18.2 Å². The summed E-state index contributed by atoms with van der Waals surface area (Å²) in [6, 6.07) is 7.36. The smallest absolute Gasteiger partial charge is 0.317 e. The van der Waals surface area contributed by atoms with Gasteiger partial charge in [-0.2, -0.15) is 0 Å². The molecule has 6 nitrogen and oxygen atoms in total. The van der Waals surface area contributed by atoms with Crippen molar-refractivity contribution in [3.63, 3.8) is 0 Å². The molecule has 0 aliphatic carbocycles. The Labute approximate surface area is 124 Å². The molecule has 1 aromatic carbocycles. The zero-order valence-electron chi connectivity index (χ0n) is 12.6. The molecule has 0 heterocycles. The van der Waals surface area contributed by atoms with Gasteiger partial charge in [0.1, 0.15) is 5.75 Å².